The minimum absolute atomic E-state index is 0.980. The lowest BCUT2D eigenvalue weighted by Gasteiger charge is -2.47. The van der Waals surface area contributed by atoms with Gasteiger partial charge in [0, 0.05) is 6.20 Å². The molecule has 0 radical (unpaired) electrons. The van der Waals surface area contributed by atoms with Gasteiger partial charge in [0.15, 0.2) is 0 Å². The number of unbranched alkanes of at least 4 members (excludes halogenated alkanes) is 1. The van der Waals surface area contributed by atoms with Crippen LogP contribution in [0.25, 0.3) is 0 Å². The van der Waals surface area contributed by atoms with Crippen molar-refractivity contribution in [2.24, 2.45) is 0 Å². The SMILES string of the molecule is C=CN(Cc1ccccc1)[N+]1(CCCC)CCCCC1. The molecule has 110 valence electrons. The number of hydrogen-bond acceptors (Lipinski definition) is 1. The van der Waals surface area contributed by atoms with Crippen molar-refractivity contribution in [3.8, 4) is 0 Å². The highest BCUT2D eigenvalue weighted by atomic mass is 15.7. The van der Waals surface area contributed by atoms with E-state index in [1.54, 1.807) is 0 Å². The average Bonchev–Trinajstić information content (AvgIpc) is 2.52. The number of nitrogens with zero attached hydrogens (tertiary/aromatic N) is 2. The second-order valence-corrected chi connectivity index (χ2v) is 5.95. The van der Waals surface area contributed by atoms with Crippen LogP contribution in [0.2, 0.25) is 0 Å². The van der Waals surface area contributed by atoms with Crippen molar-refractivity contribution in [1.82, 2.24) is 5.01 Å². The van der Waals surface area contributed by atoms with Gasteiger partial charge in [0.1, 0.15) is 19.6 Å². The van der Waals surface area contributed by atoms with Crippen LogP contribution in [0.4, 0.5) is 0 Å². The molecule has 1 aromatic carbocycles. The molecule has 20 heavy (non-hydrogen) atoms. The maximum Gasteiger partial charge on any atom is 0.101 e. The van der Waals surface area contributed by atoms with Crippen LogP contribution in [-0.4, -0.2) is 29.2 Å². The molecule has 2 heteroatoms. The number of piperidine rings is 1. The lowest BCUT2D eigenvalue weighted by Crippen LogP contribution is -2.60. The highest BCUT2D eigenvalue weighted by Crippen LogP contribution is 2.25. The Labute approximate surface area is 124 Å². The zero-order valence-corrected chi connectivity index (χ0v) is 12.9. The lowest BCUT2D eigenvalue weighted by molar-refractivity contribution is -1.03. The molecule has 0 spiro atoms. The maximum absolute atomic E-state index is 4.10. The van der Waals surface area contributed by atoms with E-state index >= 15 is 0 Å². The van der Waals surface area contributed by atoms with E-state index in [1.165, 1.54) is 57.3 Å². The summed E-state index contributed by atoms with van der Waals surface area (Å²) in [5, 5.41) is 2.48. The molecule has 0 bridgehead atoms. The molecule has 1 aromatic rings. The monoisotopic (exact) mass is 273 g/mol. The van der Waals surface area contributed by atoms with Gasteiger partial charge in [0.25, 0.3) is 0 Å². The molecule has 1 heterocycles. The van der Waals surface area contributed by atoms with E-state index in [9.17, 15) is 0 Å². The molecule has 0 amide bonds. The Morgan fingerprint density at radius 2 is 1.85 bits per heavy atom. The van der Waals surface area contributed by atoms with Gasteiger partial charge in [-0.25, -0.2) is 9.60 Å². The summed E-state index contributed by atoms with van der Waals surface area (Å²) in [7, 11) is 0. The van der Waals surface area contributed by atoms with Crippen molar-refractivity contribution in [3.63, 3.8) is 0 Å². The minimum atomic E-state index is 0.980. The molecule has 0 aromatic heterocycles. The molecule has 1 saturated heterocycles. The third-order valence-electron chi connectivity index (χ3n) is 4.52. The molecular formula is C18H29N2+. The second kappa shape index (κ2) is 7.49. The van der Waals surface area contributed by atoms with E-state index in [4.69, 9.17) is 0 Å². The Hall–Kier alpha value is -1.28. The number of rotatable bonds is 7. The van der Waals surface area contributed by atoms with Gasteiger partial charge in [-0.1, -0.05) is 50.3 Å². The Bertz CT molecular complexity index is 393. The normalized spacial score (nSPS) is 17.6. The van der Waals surface area contributed by atoms with Crippen molar-refractivity contribution in [1.29, 1.82) is 0 Å². The molecule has 0 N–H and O–H groups in total. The zero-order chi connectivity index (χ0) is 14.3. The fraction of sp³-hybridized carbons (Fsp3) is 0.556. The van der Waals surface area contributed by atoms with Crippen molar-refractivity contribution in [3.05, 3.63) is 48.7 Å². The Morgan fingerprint density at radius 1 is 1.15 bits per heavy atom. The van der Waals surface area contributed by atoms with Crippen LogP contribution in [0.5, 0.6) is 0 Å². The van der Waals surface area contributed by atoms with Crippen LogP contribution >= 0.6 is 0 Å². The van der Waals surface area contributed by atoms with Gasteiger partial charge in [0.2, 0.25) is 0 Å². The van der Waals surface area contributed by atoms with Crippen molar-refractivity contribution in [2.75, 3.05) is 19.6 Å². The van der Waals surface area contributed by atoms with Crippen molar-refractivity contribution in [2.45, 2.75) is 45.6 Å². The van der Waals surface area contributed by atoms with E-state index in [-0.39, 0.29) is 0 Å². The molecule has 0 aliphatic carbocycles. The standard InChI is InChI=1S/C18H29N2/c1-3-5-14-20(15-10-7-11-16-20)19(4-2)17-18-12-8-6-9-13-18/h4,6,8-9,12-13H,2-3,5,7,10-11,14-17H2,1H3/q+1. The number of hydrogen-bond donors (Lipinski definition) is 0. The van der Waals surface area contributed by atoms with Gasteiger partial charge in [-0.2, -0.15) is 0 Å². The molecule has 1 aliphatic heterocycles. The summed E-state index contributed by atoms with van der Waals surface area (Å²) in [6, 6.07) is 10.8. The fourth-order valence-corrected chi connectivity index (χ4v) is 3.32. The van der Waals surface area contributed by atoms with E-state index < -0.39 is 0 Å². The maximum atomic E-state index is 4.10. The van der Waals surface area contributed by atoms with Crippen LogP contribution in [0.15, 0.2) is 43.1 Å². The van der Waals surface area contributed by atoms with Crippen LogP contribution in [0.3, 0.4) is 0 Å². The molecular weight excluding hydrogens is 244 g/mol. The van der Waals surface area contributed by atoms with Crippen LogP contribution in [0.1, 0.15) is 44.6 Å². The van der Waals surface area contributed by atoms with Crippen LogP contribution in [-0.2, 0) is 6.54 Å². The van der Waals surface area contributed by atoms with E-state index in [2.05, 4.69) is 55.0 Å². The van der Waals surface area contributed by atoms with Gasteiger partial charge < -0.3 is 0 Å². The number of benzene rings is 1. The molecule has 2 nitrogen and oxygen atoms in total. The van der Waals surface area contributed by atoms with Gasteiger partial charge in [0.05, 0.1) is 6.54 Å². The molecule has 0 unspecified atom stereocenters. The summed E-state index contributed by atoms with van der Waals surface area (Å²) in [6.07, 6.45) is 8.73. The smallest absolute Gasteiger partial charge is 0.101 e. The summed E-state index contributed by atoms with van der Waals surface area (Å²) in [4.78, 5) is 0. The summed E-state index contributed by atoms with van der Waals surface area (Å²) in [6.45, 7) is 11.2. The summed E-state index contributed by atoms with van der Waals surface area (Å²) < 4.78 is 1.12. The molecule has 1 fully saturated rings. The summed E-state index contributed by atoms with van der Waals surface area (Å²) in [5.74, 6) is 0. The second-order valence-electron chi connectivity index (χ2n) is 5.95. The van der Waals surface area contributed by atoms with E-state index in [0.29, 0.717) is 0 Å². The predicted octanol–water partition coefficient (Wildman–Crippen LogP) is 4.35. The highest BCUT2D eigenvalue weighted by Gasteiger charge is 2.34. The quantitative estimate of drug-likeness (QED) is 0.668. The topological polar surface area (TPSA) is 3.24 Å². The Kier molecular flexibility index (Phi) is 5.66. The third kappa shape index (κ3) is 3.63. The van der Waals surface area contributed by atoms with Gasteiger partial charge in [-0.3, -0.25) is 0 Å². The highest BCUT2D eigenvalue weighted by molar-refractivity contribution is 5.14. The van der Waals surface area contributed by atoms with Gasteiger partial charge >= 0.3 is 0 Å². The first-order chi connectivity index (χ1) is 9.80. The van der Waals surface area contributed by atoms with Crippen LogP contribution < -0.4 is 0 Å². The fourth-order valence-electron chi connectivity index (χ4n) is 3.32. The minimum Gasteiger partial charge on any atom is -0.228 e. The van der Waals surface area contributed by atoms with E-state index in [1.807, 2.05) is 0 Å². The first-order valence-corrected chi connectivity index (χ1v) is 8.10. The molecule has 0 saturated carbocycles. The Balaban J connectivity index is 2.13. The first-order valence-electron chi connectivity index (χ1n) is 8.10. The molecule has 2 rings (SSSR count). The largest absolute Gasteiger partial charge is 0.228 e. The first kappa shape index (κ1) is 15.1. The average molecular weight is 273 g/mol. The van der Waals surface area contributed by atoms with Crippen LogP contribution in [0, 0.1) is 0 Å². The van der Waals surface area contributed by atoms with Crippen molar-refractivity contribution >= 4 is 0 Å². The Morgan fingerprint density at radius 3 is 2.45 bits per heavy atom. The summed E-state index contributed by atoms with van der Waals surface area (Å²) in [5.41, 5.74) is 1.38. The zero-order valence-electron chi connectivity index (χ0n) is 12.9. The molecule has 1 aliphatic rings. The predicted molar refractivity (Wildman–Crippen MR) is 85.8 cm³/mol. The lowest BCUT2D eigenvalue weighted by atomic mass is 10.1. The number of quaternary nitrogens is 1. The van der Waals surface area contributed by atoms with E-state index in [0.717, 1.165) is 11.1 Å². The third-order valence-corrected chi connectivity index (χ3v) is 4.52. The van der Waals surface area contributed by atoms with Gasteiger partial charge in [-0.05, 0) is 31.2 Å². The van der Waals surface area contributed by atoms with Gasteiger partial charge in [-0.15, -0.1) is 0 Å². The number of likely N-dealkylation sites (tertiary alicyclic amines) is 1. The molecule has 0 atom stereocenters. The summed E-state index contributed by atoms with van der Waals surface area (Å²) >= 11 is 0. The van der Waals surface area contributed by atoms with Crippen molar-refractivity contribution < 1.29 is 4.59 Å².